The number of carbonyl (C=O) groups is 1. The van der Waals surface area contributed by atoms with Crippen molar-refractivity contribution in [3.63, 3.8) is 0 Å². The highest BCUT2D eigenvalue weighted by Crippen LogP contribution is 2.16. The standard InChI is InChI=1S/C18H20ClN7O/c19-14-5-3-13(4-6-14)11-25-12-21-18(24-25)22-17(27)16-7-9-26(23-16)15-2-1-8-20-10-15/h3-7,9,12,15,20H,1-2,8,10-11H2,(H,22,24,27). The number of hydrogen-bond donors (Lipinski definition) is 2. The molecule has 0 radical (unpaired) electrons. The maximum absolute atomic E-state index is 12.4. The van der Waals surface area contributed by atoms with E-state index in [9.17, 15) is 4.79 Å². The van der Waals surface area contributed by atoms with E-state index < -0.39 is 0 Å². The lowest BCUT2D eigenvalue weighted by molar-refractivity contribution is 0.102. The van der Waals surface area contributed by atoms with E-state index in [4.69, 9.17) is 11.6 Å². The zero-order chi connectivity index (χ0) is 18.6. The van der Waals surface area contributed by atoms with Gasteiger partial charge in [-0.25, -0.2) is 9.67 Å². The fraction of sp³-hybridized carbons (Fsp3) is 0.333. The second-order valence-electron chi connectivity index (χ2n) is 6.53. The first-order valence-corrected chi connectivity index (χ1v) is 9.26. The predicted molar refractivity (Wildman–Crippen MR) is 102 cm³/mol. The van der Waals surface area contributed by atoms with Gasteiger partial charge in [-0.3, -0.25) is 14.8 Å². The van der Waals surface area contributed by atoms with Gasteiger partial charge in [0.2, 0.25) is 5.95 Å². The molecular formula is C18H20ClN7O. The molecule has 9 heteroatoms. The van der Waals surface area contributed by atoms with Crippen LogP contribution >= 0.6 is 11.6 Å². The summed E-state index contributed by atoms with van der Waals surface area (Å²) in [7, 11) is 0. The zero-order valence-corrected chi connectivity index (χ0v) is 15.4. The first-order chi connectivity index (χ1) is 13.2. The van der Waals surface area contributed by atoms with Crippen LogP contribution in [0.2, 0.25) is 5.02 Å². The highest BCUT2D eigenvalue weighted by molar-refractivity contribution is 6.30. The molecule has 0 spiro atoms. The van der Waals surface area contributed by atoms with Crippen LogP contribution in [0.5, 0.6) is 0 Å². The number of hydrogen-bond acceptors (Lipinski definition) is 5. The van der Waals surface area contributed by atoms with E-state index in [1.54, 1.807) is 17.1 Å². The Hall–Kier alpha value is -2.71. The molecule has 3 aromatic rings. The molecule has 0 saturated carbocycles. The Morgan fingerprint density at radius 3 is 2.89 bits per heavy atom. The van der Waals surface area contributed by atoms with Gasteiger partial charge < -0.3 is 5.32 Å². The number of halogens is 1. The number of benzene rings is 1. The Balaban J connectivity index is 1.37. The van der Waals surface area contributed by atoms with Gasteiger partial charge in [-0.05, 0) is 43.1 Å². The molecule has 1 unspecified atom stereocenters. The lowest BCUT2D eigenvalue weighted by Crippen LogP contribution is -2.32. The summed E-state index contributed by atoms with van der Waals surface area (Å²) >= 11 is 5.89. The lowest BCUT2D eigenvalue weighted by Gasteiger charge is -2.22. The summed E-state index contributed by atoms with van der Waals surface area (Å²) < 4.78 is 3.51. The molecule has 0 aliphatic carbocycles. The van der Waals surface area contributed by atoms with Crippen molar-refractivity contribution in [2.75, 3.05) is 18.4 Å². The third-order valence-corrected chi connectivity index (χ3v) is 4.76. The minimum absolute atomic E-state index is 0.253. The lowest BCUT2D eigenvalue weighted by atomic mass is 10.1. The van der Waals surface area contributed by atoms with Crippen LogP contribution in [0.3, 0.4) is 0 Å². The number of piperidine rings is 1. The van der Waals surface area contributed by atoms with Crippen molar-refractivity contribution in [2.24, 2.45) is 0 Å². The van der Waals surface area contributed by atoms with Crippen LogP contribution in [0, 0.1) is 0 Å². The predicted octanol–water partition coefficient (Wildman–Crippen LogP) is 2.35. The molecule has 1 saturated heterocycles. The summed E-state index contributed by atoms with van der Waals surface area (Å²) in [6, 6.07) is 9.51. The molecule has 4 rings (SSSR count). The summed E-state index contributed by atoms with van der Waals surface area (Å²) in [4.78, 5) is 16.6. The highest BCUT2D eigenvalue weighted by Gasteiger charge is 2.18. The molecule has 1 aliphatic rings. The fourth-order valence-electron chi connectivity index (χ4n) is 3.09. The van der Waals surface area contributed by atoms with Crippen LogP contribution in [0.1, 0.15) is 34.9 Å². The molecule has 2 aromatic heterocycles. The first kappa shape index (κ1) is 17.7. The maximum atomic E-state index is 12.4. The summed E-state index contributed by atoms with van der Waals surface area (Å²) in [6.07, 6.45) is 5.60. The number of nitrogens with zero attached hydrogens (tertiary/aromatic N) is 5. The number of nitrogens with one attached hydrogen (secondary N) is 2. The van der Waals surface area contributed by atoms with Gasteiger partial charge in [-0.15, -0.1) is 5.10 Å². The summed E-state index contributed by atoms with van der Waals surface area (Å²) in [6.45, 7) is 2.46. The molecule has 140 valence electrons. The Labute approximate surface area is 161 Å². The molecule has 27 heavy (non-hydrogen) atoms. The largest absolute Gasteiger partial charge is 0.315 e. The van der Waals surface area contributed by atoms with Crippen LogP contribution < -0.4 is 10.6 Å². The minimum Gasteiger partial charge on any atom is -0.315 e. The van der Waals surface area contributed by atoms with Crippen molar-refractivity contribution in [3.8, 4) is 0 Å². The molecule has 1 atom stereocenters. The van der Waals surface area contributed by atoms with Crippen molar-refractivity contribution < 1.29 is 4.79 Å². The van der Waals surface area contributed by atoms with Crippen molar-refractivity contribution in [1.82, 2.24) is 29.9 Å². The molecule has 8 nitrogen and oxygen atoms in total. The van der Waals surface area contributed by atoms with Gasteiger partial charge >= 0.3 is 0 Å². The number of carbonyl (C=O) groups excluding carboxylic acids is 1. The smallest absolute Gasteiger partial charge is 0.278 e. The Morgan fingerprint density at radius 1 is 1.26 bits per heavy atom. The Bertz CT molecular complexity index is 912. The maximum Gasteiger partial charge on any atom is 0.278 e. The quantitative estimate of drug-likeness (QED) is 0.703. The summed E-state index contributed by atoms with van der Waals surface area (Å²) in [5, 5.41) is 15.4. The molecule has 2 N–H and O–H groups in total. The molecule has 1 amide bonds. The van der Waals surface area contributed by atoms with Gasteiger partial charge in [0.15, 0.2) is 5.69 Å². The van der Waals surface area contributed by atoms with E-state index in [1.807, 2.05) is 35.1 Å². The van der Waals surface area contributed by atoms with Crippen LogP contribution in [0.4, 0.5) is 5.95 Å². The molecular weight excluding hydrogens is 366 g/mol. The van der Waals surface area contributed by atoms with E-state index in [1.165, 1.54) is 0 Å². The van der Waals surface area contributed by atoms with Crippen LogP contribution in [0.25, 0.3) is 0 Å². The van der Waals surface area contributed by atoms with Gasteiger partial charge in [-0.2, -0.15) is 5.10 Å². The van der Waals surface area contributed by atoms with E-state index in [2.05, 4.69) is 25.8 Å². The number of aromatic nitrogens is 5. The van der Waals surface area contributed by atoms with Gasteiger partial charge in [0.05, 0.1) is 12.6 Å². The Kier molecular flexibility index (Phi) is 5.17. The first-order valence-electron chi connectivity index (χ1n) is 8.88. The topological polar surface area (TPSA) is 89.7 Å². The van der Waals surface area contributed by atoms with Gasteiger partial charge in [0.25, 0.3) is 5.91 Å². The van der Waals surface area contributed by atoms with E-state index in [-0.39, 0.29) is 17.9 Å². The van der Waals surface area contributed by atoms with Crippen molar-refractivity contribution in [1.29, 1.82) is 0 Å². The van der Waals surface area contributed by atoms with Crippen molar-refractivity contribution >= 4 is 23.5 Å². The molecule has 0 bridgehead atoms. The van der Waals surface area contributed by atoms with E-state index in [0.717, 1.165) is 31.5 Å². The second-order valence-corrected chi connectivity index (χ2v) is 6.96. The average molecular weight is 386 g/mol. The van der Waals surface area contributed by atoms with Crippen LogP contribution in [-0.2, 0) is 6.54 Å². The Morgan fingerprint density at radius 2 is 2.11 bits per heavy atom. The van der Waals surface area contributed by atoms with Gasteiger partial charge in [0.1, 0.15) is 6.33 Å². The average Bonchev–Trinajstić information content (AvgIpc) is 3.34. The minimum atomic E-state index is -0.318. The summed E-state index contributed by atoms with van der Waals surface area (Å²) in [5.41, 5.74) is 1.40. The number of amides is 1. The highest BCUT2D eigenvalue weighted by atomic mass is 35.5. The van der Waals surface area contributed by atoms with Gasteiger partial charge in [0, 0.05) is 17.8 Å². The third kappa shape index (κ3) is 4.35. The van der Waals surface area contributed by atoms with Crippen LogP contribution in [-0.4, -0.2) is 43.5 Å². The molecule has 1 aromatic carbocycles. The molecule has 3 heterocycles. The van der Waals surface area contributed by atoms with E-state index in [0.29, 0.717) is 17.3 Å². The van der Waals surface area contributed by atoms with Gasteiger partial charge in [-0.1, -0.05) is 23.7 Å². The second kappa shape index (κ2) is 7.89. The summed E-state index contributed by atoms with van der Waals surface area (Å²) in [5.74, 6) is -0.0652. The van der Waals surface area contributed by atoms with E-state index >= 15 is 0 Å². The monoisotopic (exact) mass is 385 g/mol. The number of rotatable bonds is 5. The SMILES string of the molecule is O=C(Nc1ncn(Cc2ccc(Cl)cc2)n1)c1ccn(C2CCCNC2)n1. The normalized spacial score (nSPS) is 17.0. The fourth-order valence-corrected chi connectivity index (χ4v) is 3.22. The van der Waals surface area contributed by atoms with Crippen molar-refractivity contribution in [2.45, 2.75) is 25.4 Å². The zero-order valence-electron chi connectivity index (χ0n) is 14.7. The molecule has 1 aliphatic heterocycles. The van der Waals surface area contributed by atoms with Crippen LogP contribution in [0.15, 0.2) is 42.9 Å². The molecule has 1 fully saturated rings. The van der Waals surface area contributed by atoms with Crippen molar-refractivity contribution in [3.05, 3.63) is 59.1 Å². The number of anilines is 1. The third-order valence-electron chi connectivity index (χ3n) is 4.51.